The van der Waals surface area contributed by atoms with Crippen LogP contribution >= 0.6 is 0 Å². The van der Waals surface area contributed by atoms with Gasteiger partial charge in [-0.15, -0.1) is 0 Å². The molecule has 0 bridgehead atoms. The second-order valence-corrected chi connectivity index (χ2v) is 4.48. The average Bonchev–Trinajstić information content (AvgIpc) is 2.70. The van der Waals surface area contributed by atoms with E-state index < -0.39 is 0 Å². The van der Waals surface area contributed by atoms with Crippen molar-refractivity contribution >= 4 is 5.96 Å². The van der Waals surface area contributed by atoms with E-state index in [0.29, 0.717) is 0 Å². The van der Waals surface area contributed by atoms with Gasteiger partial charge >= 0.3 is 0 Å². The minimum absolute atomic E-state index is 0.761. The van der Waals surface area contributed by atoms with Gasteiger partial charge in [-0.3, -0.25) is 9.89 Å². The van der Waals surface area contributed by atoms with Gasteiger partial charge in [-0.1, -0.05) is 0 Å². The van der Waals surface area contributed by atoms with Crippen LogP contribution in [0.3, 0.4) is 0 Å². The molecular weight excluding hydrogens is 190 g/mol. The normalized spacial score (nSPS) is 28.5. The van der Waals surface area contributed by atoms with Gasteiger partial charge in [-0.05, 0) is 0 Å². The summed E-state index contributed by atoms with van der Waals surface area (Å²) in [5.41, 5.74) is 0. The van der Waals surface area contributed by atoms with Gasteiger partial charge in [-0.25, -0.2) is 0 Å². The number of guanidine groups is 1. The minimum Gasteiger partial charge on any atom is -0.354 e. The highest BCUT2D eigenvalue weighted by Crippen LogP contribution is 2.16. The van der Waals surface area contributed by atoms with E-state index in [4.69, 9.17) is 0 Å². The van der Waals surface area contributed by atoms with Crippen molar-refractivity contribution in [3.63, 3.8) is 0 Å². The maximum absolute atomic E-state index is 4.44. The monoisotopic (exact) mass is 209 g/mol. The van der Waals surface area contributed by atoms with Crippen LogP contribution in [0.5, 0.6) is 0 Å². The zero-order chi connectivity index (χ0) is 10.1. The zero-order valence-electron chi connectivity index (χ0n) is 9.08. The lowest BCUT2D eigenvalue weighted by Crippen LogP contribution is -2.65. The molecule has 2 saturated heterocycles. The van der Waals surface area contributed by atoms with Crippen LogP contribution in [-0.2, 0) is 0 Å². The standard InChI is InChI=1S/C10H19N5/c1-2-13-10(12-1)15-7-9(8-15)14-5-3-11-4-6-14/h9,11H,1-8H2,(H,12,13). The number of piperazine rings is 1. The Balaban J connectivity index is 1.48. The molecule has 2 N–H and O–H groups in total. The number of aliphatic imine (C=N–C) groups is 1. The molecule has 0 aromatic rings. The smallest absolute Gasteiger partial charge is 0.194 e. The van der Waals surface area contributed by atoms with Crippen molar-refractivity contribution in [2.45, 2.75) is 6.04 Å². The van der Waals surface area contributed by atoms with Crippen LogP contribution in [0.4, 0.5) is 0 Å². The summed E-state index contributed by atoms with van der Waals surface area (Å²) in [6, 6.07) is 0.761. The molecule has 3 rings (SSSR count). The molecule has 15 heavy (non-hydrogen) atoms. The summed E-state index contributed by atoms with van der Waals surface area (Å²) in [5, 5.41) is 6.72. The Morgan fingerprint density at radius 1 is 1.13 bits per heavy atom. The Morgan fingerprint density at radius 3 is 2.60 bits per heavy atom. The van der Waals surface area contributed by atoms with Gasteiger partial charge in [0.25, 0.3) is 0 Å². The lowest BCUT2D eigenvalue weighted by Gasteiger charge is -2.47. The molecule has 0 saturated carbocycles. The summed E-state index contributed by atoms with van der Waals surface area (Å²) in [7, 11) is 0. The molecule has 3 aliphatic rings. The molecule has 84 valence electrons. The van der Waals surface area contributed by atoms with Crippen LogP contribution in [0.25, 0.3) is 0 Å². The van der Waals surface area contributed by atoms with Crippen molar-refractivity contribution < 1.29 is 0 Å². The molecule has 5 nitrogen and oxygen atoms in total. The van der Waals surface area contributed by atoms with Crippen LogP contribution < -0.4 is 10.6 Å². The van der Waals surface area contributed by atoms with Crippen LogP contribution in [0, 0.1) is 0 Å². The molecule has 2 fully saturated rings. The highest BCUT2D eigenvalue weighted by atomic mass is 15.4. The summed E-state index contributed by atoms with van der Waals surface area (Å²) in [6.45, 7) is 8.99. The topological polar surface area (TPSA) is 42.9 Å². The predicted octanol–water partition coefficient (Wildman–Crippen LogP) is -1.46. The van der Waals surface area contributed by atoms with Crippen molar-refractivity contribution in [2.24, 2.45) is 4.99 Å². The second kappa shape index (κ2) is 3.98. The quantitative estimate of drug-likeness (QED) is 0.554. The first-order valence-corrected chi connectivity index (χ1v) is 5.91. The molecule has 0 amide bonds. The average molecular weight is 209 g/mol. The summed E-state index contributed by atoms with van der Waals surface area (Å²) >= 11 is 0. The van der Waals surface area contributed by atoms with Crippen LogP contribution in [-0.4, -0.2) is 74.2 Å². The molecule has 5 heteroatoms. The highest BCUT2D eigenvalue weighted by Gasteiger charge is 2.34. The highest BCUT2D eigenvalue weighted by molar-refractivity contribution is 5.82. The number of nitrogens with one attached hydrogen (secondary N) is 2. The third-order valence-electron chi connectivity index (χ3n) is 3.49. The molecule has 0 unspecified atom stereocenters. The fourth-order valence-electron chi connectivity index (χ4n) is 2.50. The maximum atomic E-state index is 4.44. The van der Waals surface area contributed by atoms with E-state index in [2.05, 4.69) is 25.4 Å². The lowest BCUT2D eigenvalue weighted by atomic mass is 10.1. The Kier molecular flexibility index (Phi) is 2.50. The SMILES string of the molecule is C1CNC(N2CC(N3CCNCC3)C2)=N1. The van der Waals surface area contributed by atoms with Gasteiger partial charge in [0, 0.05) is 51.9 Å². The van der Waals surface area contributed by atoms with Crippen LogP contribution in [0.2, 0.25) is 0 Å². The van der Waals surface area contributed by atoms with Crippen molar-refractivity contribution in [3.05, 3.63) is 0 Å². The Bertz CT molecular complexity index is 253. The predicted molar refractivity (Wildman–Crippen MR) is 60.1 cm³/mol. The summed E-state index contributed by atoms with van der Waals surface area (Å²) in [5.74, 6) is 1.13. The van der Waals surface area contributed by atoms with E-state index >= 15 is 0 Å². The number of rotatable bonds is 1. The Hall–Kier alpha value is -0.810. The molecule has 0 radical (unpaired) electrons. The summed E-state index contributed by atoms with van der Waals surface area (Å²) < 4.78 is 0. The first-order chi connectivity index (χ1) is 7.43. The molecular formula is C10H19N5. The van der Waals surface area contributed by atoms with E-state index in [1.807, 2.05) is 0 Å². The fraction of sp³-hybridized carbons (Fsp3) is 0.900. The van der Waals surface area contributed by atoms with Gasteiger partial charge in [0.05, 0.1) is 6.54 Å². The molecule has 0 aliphatic carbocycles. The van der Waals surface area contributed by atoms with Gasteiger partial charge in [-0.2, -0.15) is 0 Å². The van der Waals surface area contributed by atoms with Crippen molar-refractivity contribution in [1.82, 2.24) is 20.4 Å². The van der Waals surface area contributed by atoms with E-state index in [0.717, 1.165) is 51.3 Å². The number of hydrogen-bond donors (Lipinski definition) is 2. The fourth-order valence-corrected chi connectivity index (χ4v) is 2.50. The maximum Gasteiger partial charge on any atom is 0.194 e. The van der Waals surface area contributed by atoms with Crippen molar-refractivity contribution in [3.8, 4) is 0 Å². The largest absolute Gasteiger partial charge is 0.354 e. The van der Waals surface area contributed by atoms with E-state index in [9.17, 15) is 0 Å². The lowest BCUT2D eigenvalue weighted by molar-refractivity contribution is 0.0685. The third kappa shape index (κ3) is 1.81. The first kappa shape index (κ1) is 9.42. The van der Waals surface area contributed by atoms with Gasteiger partial charge in [0.2, 0.25) is 0 Å². The van der Waals surface area contributed by atoms with Crippen LogP contribution in [0.15, 0.2) is 4.99 Å². The number of nitrogens with zero attached hydrogens (tertiary/aromatic N) is 3. The van der Waals surface area contributed by atoms with E-state index in [1.165, 1.54) is 13.1 Å². The second-order valence-electron chi connectivity index (χ2n) is 4.48. The van der Waals surface area contributed by atoms with Gasteiger partial charge in [0.1, 0.15) is 0 Å². The summed E-state index contributed by atoms with van der Waals surface area (Å²) in [6.07, 6.45) is 0. The van der Waals surface area contributed by atoms with Crippen LogP contribution in [0.1, 0.15) is 0 Å². The first-order valence-electron chi connectivity index (χ1n) is 5.91. The van der Waals surface area contributed by atoms with E-state index in [1.54, 1.807) is 0 Å². The van der Waals surface area contributed by atoms with Crippen molar-refractivity contribution in [1.29, 1.82) is 0 Å². The van der Waals surface area contributed by atoms with E-state index in [-0.39, 0.29) is 0 Å². The zero-order valence-corrected chi connectivity index (χ0v) is 9.08. The minimum atomic E-state index is 0.761. The summed E-state index contributed by atoms with van der Waals surface area (Å²) in [4.78, 5) is 9.40. The molecule has 0 aromatic carbocycles. The molecule has 0 spiro atoms. The molecule has 0 atom stereocenters. The Morgan fingerprint density at radius 2 is 1.93 bits per heavy atom. The number of hydrogen-bond acceptors (Lipinski definition) is 5. The molecule has 0 aromatic heterocycles. The molecule has 3 aliphatic heterocycles. The number of likely N-dealkylation sites (tertiary alicyclic amines) is 1. The van der Waals surface area contributed by atoms with Crippen molar-refractivity contribution in [2.75, 3.05) is 52.4 Å². The third-order valence-corrected chi connectivity index (χ3v) is 3.49. The van der Waals surface area contributed by atoms with Gasteiger partial charge < -0.3 is 15.5 Å². The Labute approximate surface area is 90.5 Å². The van der Waals surface area contributed by atoms with Gasteiger partial charge in [0.15, 0.2) is 5.96 Å². The molecule has 3 heterocycles.